The van der Waals surface area contributed by atoms with Gasteiger partial charge in [-0.05, 0) is 29.8 Å². The van der Waals surface area contributed by atoms with E-state index in [1.165, 1.54) is 6.20 Å². The molecule has 4 aromatic rings. The van der Waals surface area contributed by atoms with Crippen LogP contribution in [0.25, 0.3) is 16.7 Å². The summed E-state index contributed by atoms with van der Waals surface area (Å²) in [5.74, 6) is 0.538. The Balaban J connectivity index is 1.84. The first-order chi connectivity index (χ1) is 12.1. The summed E-state index contributed by atoms with van der Waals surface area (Å²) in [6, 6.07) is 14.8. The molecule has 0 aliphatic carbocycles. The molecule has 0 saturated carbocycles. The molecule has 2 aromatic carbocycles. The lowest BCUT2D eigenvalue weighted by atomic mass is 10.1. The molecule has 0 bridgehead atoms. The Morgan fingerprint density at radius 2 is 2.00 bits per heavy atom. The van der Waals surface area contributed by atoms with Crippen LogP contribution in [0.3, 0.4) is 0 Å². The van der Waals surface area contributed by atoms with E-state index in [0.29, 0.717) is 39.7 Å². The quantitative estimate of drug-likeness (QED) is 0.555. The number of anilines is 1. The van der Waals surface area contributed by atoms with E-state index in [1.54, 1.807) is 16.8 Å². The van der Waals surface area contributed by atoms with Crippen molar-refractivity contribution in [2.24, 2.45) is 0 Å². The van der Waals surface area contributed by atoms with Crippen LogP contribution < -0.4 is 11.3 Å². The van der Waals surface area contributed by atoms with Gasteiger partial charge in [-0.1, -0.05) is 35.9 Å². The van der Waals surface area contributed by atoms with E-state index in [-0.39, 0.29) is 5.56 Å². The topological polar surface area (TPSA) is 89.6 Å². The third-order valence-electron chi connectivity index (χ3n) is 3.91. The predicted octanol–water partition coefficient (Wildman–Crippen LogP) is 2.94. The molecule has 4 rings (SSSR count). The Morgan fingerprint density at radius 1 is 1.16 bits per heavy atom. The second-order valence-electron chi connectivity index (χ2n) is 5.67. The van der Waals surface area contributed by atoms with E-state index in [0.717, 1.165) is 5.56 Å². The number of nitrogens with zero attached hydrogens (tertiary/aromatic N) is 3. The average Bonchev–Trinajstić information content (AvgIpc) is 2.99. The highest BCUT2D eigenvalue weighted by atomic mass is 35.5. The first kappa shape index (κ1) is 15.4. The number of halogens is 1. The van der Waals surface area contributed by atoms with Crippen LogP contribution in [0.4, 0.5) is 5.69 Å². The number of rotatable bonds is 3. The van der Waals surface area contributed by atoms with Gasteiger partial charge >= 0.3 is 0 Å². The molecule has 0 atom stereocenters. The summed E-state index contributed by atoms with van der Waals surface area (Å²) in [5, 5.41) is 5.34. The number of nitrogens with two attached hydrogens (primary N) is 1. The van der Waals surface area contributed by atoms with E-state index in [2.05, 4.69) is 15.1 Å². The fraction of sp³-hybridized carbons (Fsp3) is 0.0556. The van der Waals surface area contributed by atoms with Crippen molar-refractivity contribution in [3.63, 3.8) is 0 Å². The van der Waals surface area contributed by atoms with Gasteiger partial charge < -0.3 is 10.7 Å². The molecule has 7 heteroatoms. The molecule has 0 spiro atoms. The van der Waals surface area contributed by atoms with Crippen LogP contribution in [0.1, 0.15) is 11.4 Å². The lowest BCUT2D eigenvalue weighted by Gasteiger charge is -2.07. The van der Waals surface area contributed by atoms with Crippen molar-refractivity contribution in [1.29, 1.82) is 0 Å². The first-order valence-electron chi connectivity index (χ1n) is 7.68. The Bertz CT molecular complexity index is 1130. The number of nitrogen functional groups attached to an aromatic ring is 1. The van der Waals surface area contributed by atoms with Gasteiger partial charge in [0.1, 0.15) is 11.2 Å². The van der Waals surface area contributed by atoms with Crippen molar-refractivity contribution in [3.8, 4) is 5.69 Å². The van der Waals surface area contributed by atoms with Crippen LogP contribution >= 0.6 is 11.6 Å². The molecule has 25 heavy (non-hydrogen) atoms. The zero-order valence-electron chi connectivity index (χ0n) is 13.1. The number of nitrogens with one attached hydrogen (secondary N) is 1. The molecule has 0 fully saturated rings. The van der Waals surface area contributed by atoms with Crippen molar-refractivity contribution in [2.75, 3.05) is 5.73 Å². The smallest absolute Gasteiger partial charge is 0.262 e. The molecule has 0 aliphatic rings. The highest BCUT2D eigenvalue weighted by molar-refractivity contribution is 6.30. The normalized spacial score (nSPS) is 11.1. The number of benzene rings is 2. The molecule has 2 aromatic heterocycles. The number of H-pyrrole nitrogens is 1. The van der Waals surface area contributed by atoms with Gasteiger partial charge in [0.05, 0.1) is 17.6 Å². The van der Waals surface area contributed by atoms with Gasteiger partial charge in [0, 0.05) is 11.4 Å². The number of aromatic nitrogens is 4. The van der Waals surface area contributed by atoms with E-state index >= 15 is 0 Å². The number of hydrogen-bond acceptors (Lipinski definition) is 4. The van der Waals surface area contributed by atoms with Gasteiger partial charge in [-0.2, -0.15) is 5.10 Å². The van der Waals surface area contributed by atoms with Crippen LogP contribution in [0.15, 0.2) is 59.5 Å². The minimum absolute atomic E-state index is 0.234. The van der Waals surface area contributed by atoms with Gasteiger partial charge in [-0.25, -0.2) is 9.67 Å². The first-order valence-corrected chi connectivity index (χ1v) is 8.06. The molecule has 6 nitrogen and oxygen atoms in total. The van der Waals surface area contributed by atoms with E-state index < -0.39 is 0 Å². The Labute approximate surface area is 147 Å². The maximum atomic E-state index is 12.4. The van der Waals surface area contributed by atoms with Crippen LogP contribution in [0.5, 0.6) is 0 Å². The highest BCUT2D eigenvalue weighted by Gasteiger charge is 2.13. The number of hydrogen-bond donors (Lipinski definition) is 2. The molecule has 0 amide bonds. The fourth-order valence-electron chi connectivity index (χ4n) is 2.74. The average molecular weight is 352 g/mol. The Kier molecular flexibility index (Phi) is 3.74. The lowest BCUT2D eigenvalue weighted by Crippen LogP contribution is -2.13. The molecule has 0 unspecified atom stereocenters. The standard InChI is InChI=1S/C18H14ClN5O/c19-12-5-3-4-11(8-12)9-16-22-17-13(18(25)23-16)10-21-24(17)15-7-2-1-6-14(15)20/h1-8,10H,9,20H2,(H,22,23,25). The van der Waals surface area contributed by atoms with Gasteiger partial charge in [0.25, 0.3) is 5.56 Å². The van der Waals surface area contributed by atoms with Crippen molar-refractivity contribution in [1.82, 2.24) is 19.7 Å². The number of fused-ring (bicyclic) bond motifs is 1. The predicted molar refractivity (Wildman–Crippen MR) is 98.2 cm³/mol. The summed E-state index contributed by atoms with van der Waals surface area (Å²) in [5.41, 5.74) is 8.47. The number of para-hydroxylation sites is 2. The van der Waals surface area contributed by atoms with Crippen LogP contribution in [-0.4, -0.2) is 19.7 Å². The lowest BCUT2D eigenvalue weighted by molar-refractivity contribution is 0.881. The molecule has 0 aliphatic heterocycles. The van der Waals surface area contributed by atoms with Crippen LogP contribution in [0.2, 0.25) is 5.02 Å². The largest absolute Gasteiger partial charge is 0.397 e. The SMILES string of the molecule is Nc1ccccc1-n1ncc2c(=O)[nH]c(Cc3cccc(Cl)c3)nc21. The van der Waals surface area contributed by atoms with Crippen LogP contribution in [0, 0.1) is 0 Å². The Hall–Kier alpha value is -3.12. The highest BCUT2D eigenvalue weighted by Crippen LogP contribution is 2.20. The van der Waals surface area contributed by atoms with Crippen LogP contribution in [-0.2, 0) is 6.42 Å². The maximum Gasteiger partial charge on any atom is 0.262 e. The minimum atomic E-state index is -0.234. The van der Waals surface area contributed by atoms with Crippen molar-refractivity contribution in [2.45, 2.75) is 6.42 Å². The third kappa shape index (κ3) is 2.88. The molecule has 0 radical (unpaired) electrons. The molecule has 2 heterocycles. The van der Waals surface area contributed by atoms with Gasteiger partial charge in [-0.3, -0.25) is 4.79 Å². The van der Waals surface area contributed by atoms with Gasteiger partial charge in [0.2, 0.25) is 0 Å². The number of aromatic amines is 1. The molecular formula is C18H14ClN5O. The van der Waals surface area contributed by atoms with Crippen molar-refractivity contribution >= 4 is 28.3 Å². The van der Waals surface area contributed by atoms with Crippen molar-refractivity contribution < 1.29 is 0 Å². The molecule has 3 N–H and O–H groups in total. The summed E-state index contributed by atoms with van der Waals surface area (Å²) in [4.78, 5) is 19.8. The summed E-state index contributed by atoms with van der Waals surface area (Å²) >= 11 is 6.02. The zero-order valence-corrected chi connectivity index (χ0v) is 13.9. The molecule has 0 saturated heterocycles. The second kappa shape index (κ2) is 6.07. The van der Waals surface area contributed by atoms with Crippen molar-refractivity contribution in [3.05, 3.63) is 81.5 Å². The fourth-order valence-corrected chi connectivity index (χ4v) is 2.96. The van der Waals surface area contributed by atoms with E-state index in [9.17, 15) is 4.79 Å². The summed E-state index contributed by atoms with van der Waals surface area (Å²) in [6.07, 6.45) is 1.96. The second-order valence-corrected chi connectivity index (χ2v) is 6.11. The Morgan fingerprint density at radius 3 is 2.80 bits per heavy atom. The zero-order chi connectivity index (χ0) is 17.4. The third-order valence-corrected chi connectivity index (χ3v) is 4.15. The molecule has 124 valence electrons. The van der Waals surface area contributed by atoms with E-state index in [1.807, 2.05) is 36.4 Å². The minimum Gasteiger partial charge on any atom is -0.397 e. The summed E-state index contributed by atoms with van der Waals surface area (Å²) in [6.45, 7) is 0. The van der Waals surface area contributed by atoms with E-state index in [4.69, 9.17) is 17.3 Å². The monoisotopic (exact) mass is 351 g/mol. The summed E-state index contributed by atoms with van der Waals surface area (Å²) in [7, 11) is 0. The summed E-state index contributed by atoms with van der Waals surface area (Å²) < 4.78 is 1.58. The van der Waals surface area contributed by atoms with Gasteiger partial charge in [-0.15, -0.1) is 0 Å². The van der Waals surface area contributed by atoms with Gasteiger partial charge in [0.15, 0.2) is 5.65 Å². The molecular weight excluding hydrogens is 338 g/mol. The maximum absolute atomic E-state index is 12.4.